The molecule has 4 nitrogen and oxygen atoms in total. The molecule has 0 radical (unpaired) electrons. The largest absolute Gasteiger partial charge is 0.503 e. The summed E-state index contributed by atoms with van der Waals surface area (Å²) in [5, 5.41) is 15.9. The van der Waals surface area contributed by atoms with Crippen molar-refractivity contribution in [3.63, 3.8) is 0 Å². The second-order valence-corrected chi connectivity index (χ2v) is 6.31. The number of carbonyl (C=O) groups excluding carboxylic acids is 1. The number of Topliss-reactive ketones (excluding diaryl/α,β-unsaturated/α-hetero) is 1. The topological polar surface area (TPSA) is 61.7 Å². The third-order valence-corrected chi connectivity index (χ3v) is 4.71. The minimum Gasteiger partial charge on any atom is -0.503 e. The van der Waals surface area contributed by atoms with Crippen molar-refractivity contribution >= 4 is 33.7 Å². The third kappa shape index (κ3) is 2.47. The monoisotopic (exact) mass is 342 g/mol. The highest BCUT2D eigenvalue weighted by molar-refractivity contribution is 6.54. The van der Waals surface area contributed by atoms with Crippen molar-refractivity contribution in [1.82, 2.24) is 0 Å². The van der Waals surface area contributed by atoms with E-state index in [0.717, 1.165) is 33.2 Å². The number of aliphatic hydroxyl groups excluding tert-OH is 1. The van der Waals surface area contributed by atoms with Crippen LogP contribution in [0.25, 0.3) is 16.5 Å². The number of aliphatic hydroxyl groups is 1. The van der Waals surface area contributed by atoms with E-state index in [0.29, 0.717) is 5.70 Å². The molecule has 1 aliphatic rings. The minimum atomic E-state index is -0.466. The van der Waals surface area contributed by atoms with E-state index in [1.54, 1.807) is 7.05 Å². The molecule has 1 aliphatic carbocycles. The molecule has 2 N–H and O–H groups in total. The van der Waals surface area contributed by atoms with Gasteiger partial charge in [-0.15, -0.1) is 0 Å². The summed E-state index contributed by atoms with van der Waals surface area (Å²) >= 11 is 0. The highest BCUT2D eigenvalue weighted by Gasteiger charge is 2.31. The first-order chi connectivity index (χ1) is 12.6. The van der Waals surface area contributed by atoms with E-state index in [4.69, 9.17) is 0 Å². The van der Waals surface area contributed by atoms with Gasteiger partial charge in [-0.2, -0.15) is 0 Å². The number of anilines is 1. The van der Waals surface area contributed by atoms with Crippen LogP contribution in [0.5, 0.6) is 0 Å². The summed E-state index contributed by atoms with van der Waals surface area (Å²) in [6.45, 7) is 1.98. The number of carbonyl (C=O) groups is 1. The molecule has 0 bridgehead atoms. The number of fused-ring (bicyclic) bond motifs is 2. The zero-order valence-electron chi connectivity index (χ0n) is 14.6. The number of nitrogens with zero attached hydrogens (tertiary/aromatic N) is 1. The lowest BCUT2D eigenvalue weighted by Crippen LogP contribution is -2.27. The molecule has 0 aliphatic heterocycles. The molecular formula is C22H18N2O2. The molecule has 3 aromatic carbocycles. The predicted molar refractivity (Wildman–Crippen MR) is 106 cm³/mol. The second-order valence-electron chi connectivity index (χ2n) is 6.31. The molecular weight excluding hydrogens is 324 g/mol. The number of aryl methyl sites for hydroxylation is 1. The normalized spacial score (nSPS) is 15.5. The number of ketones is 1. The molecule has 3 aromatic rings. The Morgan fingerprint density at radius 2 is 1.54 bits per heavy atom. The van der Waals surface area contributed by atoms with Crippen LogP contribution in [0.15, 0.2) is 71.4 Å². The maximum atomic E-state index is 12.7. The maximum Gasteiger partial charge on any atom is 0.247 e. The number of allylic oxidation sites excluding steroid dienone is 1. The van der Waals surface area contributed by atoms with E-state index in [-0.39, 0.29) is 11.5 Å². The Hall–Kier alpha value is -3.40. The van der Waals surface area contributed by atoms with Gasteiger partial charge in [0.15, 0.2) is 5.76 Å². The highest BCUT2D eigenvalue weighted by Crippen LogP contribution is 2.33. The summed E-state index contributed by atoms with van der Waals surface area (Å²) in [5.74, 6) is -0.775. The number of aliphatic imine (C=N–C) groups is 1. The molecule has 0 atom stereocenters. The molecule has 0 spiro atoms. The summed E-state index contributed by atoms with van der Waals surface area (Å²) in [4.78, 5) is 16.8. The van der Waals surface area contributed by atoms with Crippen LogP contribution in [0, 0.1) is 6.92 Å². The standard InChI is InChI=1S/C22H18N2O2/c1-13-7-3-6-10-18(13)24-20-17-12-15-9-5-4-8-14(15)11-16(17)19(23-2)21(25)22(20)26/h3-12,24,26H,1-2H3. The van der Waals surface area contributed by atoms with Gasteiger partial charge >= 0.3 is 0 Å². The van der Waals surface area contributed by atoms with Gasteiger partial charge in [-0.05, 0) is 41.5 Å². The molecule has 0 heterocycles. The van der Waals surface area contributed by atoms with Crippen molar-refractivity contribution in [1.29, 1.82) is 0 Å². The van der Waals surface area contributed by atoms with E-state index in [1.807, 2.05) is 67.6 Å². The lowest BCUT2D eigenvalue weighted by Gasteiger charge is -2.23. The first-order valence-electron chi connectivity index (χ1n) is 8.41. The third-order valence-electron chi connectivity index (χ3n) is 4.71. The fraction of sp³-hybridized carbons (Fsp3) is 0.0909. The van der Waals surface area contributed by atoms with Crippen molar-refractivity contribution in [2.24, 2.45) is 4.99 Å². The number of nitrogens with one attached hydrogen (secondary N) is 1. The van der Waals surface area contributed by atoms with E-state index < -0.39 is 5.78 Å². The molecule has 0 aromatic heterocycles. The van der Waals surface area contributed by atoms with Crippen molar-refractivity contribution in [2.45, 2.75) is 6.92 Å². The first-order valence-corrected chi connectivity index (χ1v) is 8.41. The molecule has 0 saturated heterocycles. The van der Waals surface area contributed by atoms with Gasteiger partial charge in [-0.25, -0.2) is 0 Å². The lowest BCUT2D eigenvalue weighted by molar-refractivity contribution is -0.111. The number of benzene rings is 3. The van der Waals surface area contributed by atoms with Crippen LogP contribution in [0.3, 0.4) is 0 Å². The summed E-state index contributed by atoms with van der Waals surface area (Å²) in [7, 11) is 1.57. The van der Waals surface area contributed by atoms with E-state index in [9.17, 15) is 9.90 Å². The van der Waals surface area contributed by atoms with Crippen LogP contribution in [0.2, 0.25) is 0 Å². The molecule has 26 heavy (non-hydrogen) atoms. The van der Waals surface area contributed by atoms with E-state index in [2.05, 4.69) is 10.3 Å². The maximum absolute atomic E-state index is 12.7. The van der Waals surface area contributed by atoms with Crippen molar-refractivity contribution < 1.29 is 9.90 Å². The average molecular weight is 342 g/mol. The molecule has 0 fully saturated rings. The van der Waals surface area contributed by atoms with Crippen LogP contribution in [0.1, 0.15) is 16.7 Å². The van der Waals surface area contributed by atoms with E-state index in [1.165, 1.54) is 0 Å². The molecule has 4 heteroatoms. The van der Waals surface area contributed by atoms with Gasteiger partial charge in [0.25, 0.3) is 0 Å². The van der Waals surface area contributed by atoms with Crippen LogP contribution >= 0.6 is 0 Å². The number of para-hydroxylation sites is 1. The van der Waals surface area contributed by atoms with Crippen molar-refractivity contribution in [3.05, 3.63) is 83.1 Å². The van der Waals surface area contributed by atoms with Crippen molar-refractivity contribution in [3.8, 4) is 0 Å². The van der Waals surface area contributed by atoms with Crippen LogP contribution in [-0.4, -0.2) is 23.6 Å². The zero-order valence-corrected chi connectivity index (χ0v) is 14.6. The van der Waals surface area contributed by atoms with Crippen LogP contribution in [0.4, 0.5) is 5.69 Å². The summed E-state index contributed by atoms with van der Waals surface area (Å²) < 4.78 is 0. The van der Waals surface area contributed by atoms with Gasteiger partial charge in [-0.3, -0.25) is 9.79 Å². The van der Waals surface area contributed by atoms with Gasteiger partial charge in [0, 0.05) is 23.9 Å². The summed E-state index contributed by atoms with van der Waals surface area (Å²) in [5.41, 5.74) is 4.06. The van der Waals surface area contributed by atoms with E-state index >= 15 is 0 Å². The van der Waals surface area contributed by atoms with Gasteiger partial charge in [0.05, 0.1) is 5.70 Å². The Morgan fingerprint density at radius 1 is 0.923 bits per heavy atom. The Balaban J connectivity index is 1.97. The average Bonchev–Trinajstić information content (AvgIpc) is 2.66. The van der Waals surface area contributed by atoms with Crippen LogP contribution < -0.4 is 5.32 Å². The quantitative estimate of drug-likeness (QED) is 0.721. The molecule has 128 valence electrons. The molecule has 0 amide bonds. The number of rotatable bonds is 2. The minimum absolute atomic E-state index is 0.276. The molecule has 0 saturated carbocycles. The van der Waals surface area contributed by atoms with Gasteiger partial charge < -0.3 is 10.4 Å². The summed E-state index contributed by atoms with van der Waals surface area (Å²) in [6.07, 6.45) is 0. The number of hydrogen-bond acceptors (Lipinski definition) is 4. The Morgan fingerprint density at radius 3 is 2.19 bits per heavy atom. The first kappa shape index (κ1) is 16.1. The number of hydrogen-bond donors (Lipinski definition) is 2. The van der Waals surface area contributed by atoms with Crippen LogP contribution in [-0.2, 0) is 4.79 Å². The lowest BCUT2D eigenvalue weighted by atomic mass is 9.88. The van der Waals surface area contributed by atoms with Gasteiger partial charge in [0.2, 0.25) is 5.78 Å². The summed E-state index contributed by atoms with van der Waals surface area (Å²) in [6, 6.07) is 19.6. The smallest absolute Gasteiger partial charge is 0.247 e. The second kappa shape index (κ2) is 6.15. The van der Waals surface area contributed by atoms with Crippen molar-refractivity contribution in [2.75, 3.05) is 12.4 Å². The van der Waals surface area contributed by atoms with Gasteiger partial charge in [-0.1, -0.05) is 42.5 Å². The molecule has 0 unspecified atom stereocenters. The van der Waals surface area contributed by atoms with Gasteiger partial charge in [0.1, 0.15) is 5.71 Å². The fourth-order valence-corrected chi connectivity index (χ4v) is 3.31. The molecule has 4 rings (SSSR count). The Bertz CT molecular complexity index is 1110. The Labute approximate surface area is 151 Å². The highest BCUT2D eigenvalue weighted by atomic mass is 16.3. The zero-order chi connectivity index (χ0) is 18.3. The fourth-order valence-electron chi connectivity index (χ4n) is 3.31. The predicted octanol–water partition coefficient (Wildman–Crippen LogP) is 4.49. The SMILES string of the molecule is CN=C1C(=O)C(O)=C(Nc2ccccc2C)c2cc3ccccc3cc21. The Kier molecular flexibility index (Phi) is 3.81.